The van der Waals surface area contributed by atoms with Crippen molar-refractivity contribution in [1.29, 1.82) is 0 Å². The molecule has 0 spiro atoms. The topological polar surface area (TPSA) is 36.4 Å². The van der Waals surface area contributed by atoms with Crippen molar-refractivity contribution in [1.82, 2.24) is 14.8 Å². The summed E-state index contributed by atoms with van der Waals surface area (Å²) in [6.07, 6.45) is 4.39. The molecule has 0 aliphatic carbocycles. The van der Waals surface area contributed by atoms with Crippen LogP contribution < -0.4 is 0 Å². The molecule has 0 bridgehead atoms. The number of benzene rings is 2. The predicted octanol–water partition coefficient (Wildman–Crippen LogP) is 4.49. The van der Waals surface area contributed by atoms with E-state index in [0.29, 0.717) is 5.92 Å². The molecule has 4 rings (SSSR count). The fourth-order valence-electron chi connectivity index (χ4n) is 4.56. The number of nitrogens with zero attached hydrogens (tertiary/aromatic N) is 3. The Balaban J connectivity index is 1.54. The smallest absolute Gasteiger partial charge is 0.227 e. The molecule has 31 heavy (non-hydrogen) atoms. The molecular weight excluding hydrogens is 382 g/mol. The third kappa shape index (κ3) is 5.20. The van der Waals surface area contributed by atoms with Crippen LogP contribution in [-0.4, -0.2) is 53.9 Å². The van der Waals surface area contributed by atoms with Crippen molar-refractivity contribution in [2.24, 2.45) is 5.92 Å². The SMILES string of the molecule is C[C@@H](CN1CCN(C)C(=O)[C@@H](Cc2ccccc2-c2ccncc2)C1)c1ccccc1. The number of hydrogen-bond donors (Lipinski definition) is 0. The van der Waals surface area contributed by atoms with Gasteiger partial charge in [0.2, 0.25) is 5.91 Å². The zero-order chi connectivity index (χ0) is 21.6. The summed E-state index contributed by atoms with van der Waals surface area (Å²) in [4.78, 5) is 21.7. The number of hydrogen-bond acceptors (Lipinski definition) is 3. The molecular formula is C27H31N3O. The van der Waals surface area contributed by atoms with Gasteiger partial charge in [-0.2, -0.15) is 0 Å². The number of rotatable bonds is 6. The van der Waals surface area contributed by atoms with Crippen molar-refractivity contribution in [3.05, 3.63) is 90.3 Å². The van der Waals surface area contributed by atoms with E-state index in [-0.39, 0.29) is 11.8 Å². The van der Waals surface area contributed by atoms with Gasteiger partial charge < -0.3 is 9.80 Å². The first-order chi connectivity index (χ1) is 15.1. The van der Waals surface area contributed by atoms with E-state index >= 15 is 0 Å². The fourth-order valence-corrected chi connectivity index (χ4v) is 4.56. The fraction of sp³-hybridized carbons (Fsp3) is 0.333. The summed E-state index contributed by atoms with van der Waals surface area (Å²) in [5, 5.41) is 0. The van der Waals surface area contributed by atoms with Crippen molar-refractivity contribution in [2.45, 2.75) is 19.3 Å². The Bertz CT molecular complexity index is 990. The first kappa shape index (κ1) is 21.3. The van der Waals surface area contributed by atoms with Crippen molar-refractivity contribution in [3.63, 3.8) is 0 Å². The lowest BCUT2D eigenvalue weighted by Gasteiger charge is -2.26. The lowest BCUT2D eigenvalue weighted by Crippen LogP contribution is -2.35. The first-order valence-electron chi connectivity index (χ1n) is 11.1. The second-order valence-corrected chi connectivity index (χ2v) is 8.63. The summed E-state index contributed by atoms with van der Waals surface area (Å²) in [5.74, 6) is 0.641. The second kappa shape index (κ2) is 9.88. The molecule has 1 amide bonds. The highest BCUT2D eigenvalue weighted by Crippen LogP contribution is 2.27. The average Bonchev–Trinajstić information content (AvgIpc) is 2.94. The maximum atomic E-state index is 13.2. The minimum absolute atomic E-state index is 0.0431. The van der Waals surface area contributed by atoms with Crippen LogP contribution in [0.5, 0.6) is 0 Å². The number of amides is 1. The van der Waals surface area contributed by atoms with E-state index in [1.807, 2.05) is 36.5 Å². The van der Waals surface area contributed by atoms with Crippen LogP contribution in [0.3, 0.4) is 0 Å². The van der Waals surface area contributed by atoms with Gasteiger partial charge in [0.1, 0.15) is 0 Å². The normalized spacial score (nSPS) is 18.6. The van der Waals surface area contributed by atoms with E-state index in [2.05, 4.69) is 71.4 Å². The van der Waals surface area contributed by atoms with Crippen LogP contribution >= 0.6 is 0 Å². The van der Waals surface area contributed by atoms with E-state index < -0.39 is 0 Å². The Morgan fingerprint density at radius 3 is 2.45 bits per heavy atom. The highest BCUT2D eigenvalue weighted by Gasteiger charge is 2.30. The van der Waals surface area contributed by atoms with Gasteiger partial charge >= 0.3 is 0 Å². The summed E-state index contributed by atoms with van der Waals surface area (Å²) in [6.45, 7) is 5.74. The van der Waals surface area contributed by atoms with E-state index in [1.165, 1.54) is 16.7 Å². The molecule has 0 radical (unpaired) electrons. The Hall–Kier alpha value is -2.98. The molecule has 4 heteroatoms. The maximum Gasteiger partial charge on any atom is 0.227 e. The van der Waals surface area contributed by atoms with Gasteiger partial charge in [0.05, 0.1) is 5.92 Å². The second-order valence-electron chi connectivity index (χ2n) is 8.63. The molecule has 160 valence electrons. The number of likely N-dealkylation sites (N-methyl/N-ethyl adjacent to an activating group) is 1. The third-order valence-corrected chi connectivity index (χ3v) is 6.33. The van der Waals surface area contributed by atoms with Gasteiger partial charge in [0.25, 0.3) is 0 Å². The zero-order valence-electron chi connectivity index (χ0n) is 18.4. The van der Waals surface area contributed by atoms with Gasteiger partial charge in [0, 0.05) is 45.6 Å². The van der Waals surface area contributed by atoms with Crippen molar-refractivity contribution in [3.8, 4) is 11.1 Å². The van der Waals surface area contributed by atoms with Gasteiger partial charge in [-0.25, -0.2) is 0 Å². The molecule has 3 aromatic rings. The minimum Gasteiger partial charge on any atom is -0.344 e. The van der Waals surface area contributed by atoms with E-state index in [9.17, 15) is 4.79 Å². The van der Waals surface area contributed by atoms with E-state index in [1.54, 1.807) is 0 Å². The number of carbonyl (C=O) groups excluding carboxylic acids is 1. The molecule has 1 saturated heterocycles. The quantitative estimate of drug-likeness (QED) is 0.598. The standard InChI is InChI=1S/C27H31N3O/c1-21(22-8-4-3-5-9-22)19-30-17-16-29(2)27(31)25(20-30)18-24-10-6-7-11-26(24)23-12-14-28-15-13-23/h3-15,21,25H,16-20H2,1-2H3/t21-,25-/m0/s1. The van der Waals surface area contributed by atoms with Gasteiger partial charge in [0.15, 0.2) is 0 Å². The Morgan fingerprint density at radius 2 is 1.68 bits per heavy atom. The highest BCUT2D eigenvalue weighted by molar-refractivity contribution is 5.80. The summed E-state index contributed by atoms with van der Waals surface area (Å²) in [6, 6.07) is 23.2. The number of pyridine rings is 1. The van der Waals surface area contributed by atoms with Gasteiger partial charge in [-0.1, -0.05) is 61.5 Å². The first-order valence-corrected chi connectivity index (χ1v) is 11.1. The summed E-state index contributed by atoms with van der Waals surface area (Å²) in [7, 11) is 1.94. The Morgan fingerprint density at radius 1 is 0.968 bits per heavy atom. The average molecular weight is 414 g/mol. The lowest BCUT2D eigenvalue weighted by molar-refractivity contribution is -0.133. The maximum absolute atomic E-state index is 13.2. The monoisotopic (exact) mass is 413 g/mol. The summed E-state index contributed by atoms with van der Waals surface area (Å²) < 4.78 is 0. The molecule has 1 fully saturated rings. The number of aromatic nitrogens is 1. The Kier molecular flexibility index (Phi) is 6.78. The van der Waals surface area contributed by atoms with Gasteiger partial charge in [-0.15, -0.1) is 0 Å². The molecule has 0 unspecified atom stereocenters. The molecule has 0 N–H and O–H groups in total. The zero-order valence-corrected chi connectivity index (χ0v) is 18.4. The third-order valence-electron chi connectivity index (χ3n) is 6.33. The number of carbonyl (C=O) groups is 1. The molecule has 2 atom stereocenters. The molecule has 1 aliphatic rings. The minimum atomic E-state index is -0.0431. The van der Waals surface area contributed by atoms with Crippen LogP contribution in [-0.2, 0) is 11.2 Å². The summed E-state index contributed by atoms with van der Waals surface area (Å²) >= 11 is 0. The van der Waals surface area contributed by atoms with E-state index in [4.69, 9.17) is 0 Å². The molecule has 1 aliphatic heterocycles. The van der Waals surface area contributed by atoms with Crippen LogP contribution in [0.1, 0.15) is 24.0 Å². The molecule has 1 aromatic heterocycles. The summed E-state index contributed by atoms with van der Waals surface area (Å²) in [5.41, 5.74) is 4.91. The van der Waals surface area contributed by atoms with Crippen LogP contribution in [0.25, 0.3) is 11.1 Å². The van der Waals surface area contributed by atoms with Crippen molar-refractivity contribution < 1.29 is 4.79 Å². The van der Waals surface area contributed by atoms with E-state index in [0.717, 1.165) is 38.2 Å². The van der Waals surface area contributed by atoms with Crippen molar-refractivity contribution in [2.75, 3.05) is 33.2 Å². The highest BCUT2D eigenvalue weighted by atomic mass is 16.2. The van der Waals surface area contributed by atoms with Gasteiger partial charge in [-0.3, -0.25) is 9.78 Å². The molecule has 4 nitrogen and oxygen atoms in total. The molecule has 2 heterocycles. The van der Waals surface area contributed by atoms with Crippen LogP contribution in [0.2, 0.25) is 0 Å². The van der Waals surface area contributed by atoms with Gasteiger partial charge in [-0.05, 0) is 46.7 Å². The Labute approximate surface area is 185 Å². The molecule has 2 aromatic carbocycles. The largest absolute Gasteiger partial charge is 0.344 e. The predicted molar refractivity (Wildman–Crippen MR) is 126 cm³/mol. The van der Waals surface area contributed by atoms with Crippen LogP contribution in [0.15, 0.2) is 79.1 Å². The van der Waals surface area contributed by atoms with Crippen LogP contribution in [0.4, 0.5) is 0 Å². The van der Waals surface area contributed by atoms with Crippen LogP contribution in [0, 0.1) is 5.92 Å². The van der Waals surface area contributed by atoms with Crippen molar-refractivity contribution >= 4 is 5.91 Å². The lowest BCUT2D eigenvalue weighted by atomic mass is 9.91. The molecule has 0 saturated carbocycles.